The highest BCUT2D eigenvalue weighted by Crippen LogP contribution is 2.48. The number of aliphatic hydroxyl groups excluding tert-OH is 1. The highest BCUT2D eigenvalue weighted by Gasteiger charge is 2.38. The molecule has 2 aromatic rings. The van der Waals surface area contributed by atoms with Crippen molar-refractivity contribution in [2.75, 3.05) is 0 Å². The number of hydrogen-bond donors (Lipinski definition) is 1. The van der Waals surface area contributed by atoms with Crippen LogP contribution in [0, 0.1) is 13.8 Å². The predicted octanol–water partition coefficient (Wildman–Crippen LogP) is 4.73. The van der Waals surface area contributed by atoms with E-state index in [1.165, 1.54) is 0 Å². The fraction of sp³-hybridized carbons (Fsp3) is 0.480. The van der Waals surface area contributed by atoms with Crippen molar-refractivity contribution < 1.29 is 24.1 Å². The summed E-state index contributed by atoms with van der Waals surface area (Å²) < 4.78 is 18.4. The summed E-state index contributed by atoms with van der Waals surface area (Å²) in [5.41, 5.74) is 4.71. The lowest BCUT2D eigenvalue weighted by Gasteiger charge is -2.38. The van der Waals surface area contributed by atoms with Gasteiger partial charge in [-0.1, -0.05) is 30.3 Å². The molecule has 1 N–H and O–H groups in total. The molecule has 2 atom stereocenters. The maximum Gasteiger partial charge on any atom is 0.309 e. The molecule has 4 rings (SSSR count). The van der Waals surface area contributed by atoms with Crippen LogP contribution in [0.2, 0.25) is 0 Å². The molecule has 0 amide bonds. The van der Waals surface area contributed by atoms with Crippen molar-refractivity contribution in [1.82, 2.24) is 0 Å². The van der Waals surface area contributed by atoms with Crippen molar-refractivity contribution in [3.8, 4) is 11.5 Å². The minimum atomic E-state index is -0.710. The lowest BCUT2D eigenvalue weighted by Crippen LogP contribution is -2.35. The number of carbonyl (C=O) groups is 1. The number of esters is 1. The van der Waals surface area contributed by atoms with E-state index in [0.717, 1.165) is 52.2 Å². The first-order valence-corrected chi connectivity index (χ1v) is 10.6. The molecule has 1 saturated heterocycles. The molecule has 2 heterocycles. The Morgan fingerprint density at radius 2 is 1.90 bits per heavy atom. The number of fused-ring (bicyclic) bond motifs is 1. The van der Waals surface area contributed by atoms with E-state index >= 15 is 0 Å². The monoisotopic (exact) mass is 410 g/mol. The lowest BCUT2D eigenvalue weighted by molar-refractivity contribution is -0.160. The molecule has 0 spiro atoms. The van der Waals surface area contributed by atoms with Gasteiger partial charge in [0, 0.05) is 23.1 Å². The molecule has 0 radical (unpaired) electrons. The van der Waals surface area contributed by atoms with Gasteiger partial charge in [0.2, 0.25) is 0 Å². The minimum absolute atomic E-state index is 0.0350. The van der Waals surface area contributed by atoms with Crippen molar-refractivity contribution in [2.45, 2.75) is 77.8 Å². The van der Waals surface area contributed by atoms with Crippen LogP contribution in [-0.2, 0) is 22.6 Å². The Morgan fingerprint density at radius 1 is 1.17 bits per heavy atom. The molecule has 2 aliphatic heterocycles. The Hall–Kier alpha value is -2.53. The summed E-state index contributed by atoms with van der Waals surface area (Å²) >= 11 is 0. The summed E-state index contributed by atoms with van der Waals surface area (Å²) in [6, 6.07) is 10.0. The van der Waals surface area contributed by atoms with Crippen LogP contribution in [0.25, 0.3) is 0 Å². The number of cyclic esters (lactones) is 1. The highest BCUT2D eigenvalue weighted by atomic mass is 16.6. The molecule has 2 aromatic carbocycles. The van der Waals surface area contributed by atoms with Gasteiger partial charge >= 0.3 is 5.97 Å². The molecule has 30 heavy (non-hydrogen) atoms. The zero-order valence-electron chi connectivity index (χ0n) is 18.2. The molecule has 0 saturated carbocycles. The molecule has 0 aromatic heterocycles. The Morgan fingerprint density at radius 3 is 2.60 bits per heavy atom. The molecular weight excluding hydrogens is 380 g/mol. The van der Waals surface area contributed by atoms with E-state index in [4.69, 9.17) is 14.2 Å². The second-order valence-corrected chi connectivity index (χ2v) is 9.01. The van der Waals surface area contributed by atoms with Crippen LogP contribution < -0.4 is 9.47 Å². The average molecular weight is 411 g/mol. The fourth-order valence-corrected chi connectivity index (χ4v) is 4.50. The van der Waals surface area contributed by atoms with Gasteiger partial charge in [0.25, 0.3) is 0 Å². The highest BCUT2D eigenvalue weighted by molar-refractivity contribution is 5.72. The van der Waals surface area contributed by atoms with Crippen LogP contribution in [0.15, 0.2) is 30.3 Å². The number of ether oxygens (including phenoxy) is 3. The van der Waals surface area contributed by atoms with Crippen LogP contribution in [0.1, 0.15) is 67.0 Å². The van der Waals surface area contributed by atoms with Crippen LogP contribution in [0.4, 0.5) is 0 Å². The standard InChI is InChI=1S/C25H30O5/c1-15-19-10-11-25(3,4)30-24(19)22(20-12-18(26)13-21(27)29-20)16(2)23(15)28-14-17-8-6-5-7-9-17/h5-9,18,20,26H,10-14H2,1-4H3/t18-,20+/m1/s1. The first-order chi connectivity index (χ1) is 14.2. The predicted molar refractivity (Wildman–Crippen MR) is 114 cm³/mol. The Balaban J connectivity index is 1.79. The normalized spacial score (nSPS) is 22.6. The summed E-state index contributed by atoms with van der Waals surface area (Å²) in [5, 5.41) is 10.2. The smallest absolute Gasteiger partial charge is 0.309 e. The van der Waals surface area contributed by atoms with Gasteiger partial charge in [0.05, 0.1) is 12.5 Å². The van der Waals surface area contributed by atoms with Gasteiger partial charge in [-0.2, -0.15) is 0 Å². The number of rotatable bonds is 4. The summed E-state index contributed by atoms with van der Waals surface area (Å²) in [5.74, 6) is 1.22. The molecule has 0 aliphatic carbocycles. The van der Waals surface area contributed by atoms with Crippen LogP contribution in [0.3, 0.4) is 0 Å². The van der Waals surface area contributed by atoms with Gasteiger partial charge < -0.3 is 19.3 Å². The zero-order chi connectivity index (χ0) is 21.5. The van der Waals surface area contributed by atoms with Crippen LogP contribution in [-0.4, -0.2) is 22.8 Å². The Bertz CT molecular complexity index is 948. The van der Waals surface area contributed by atoms with Crippen molar-refractivity contribution in [2.24, 2.45) is 0 Å². The van der Waals surface area contributed by atoms with Gasteiger partial charge in [0.1, 0.15) is 29.8 Å². The molecule has 0 unspecified atom stereocenters. The molecule has 5 heteroatoms. The minimum Gasteiger partial charge on any atom is -0.488 e. The number of aliphatic hydroxyl groups is 1. The van der Waals surface area contributed by atoms with E-state index in [1.54, 1.807) is 0 Å². The first kappa shape index (κ1) is 20.7. The topological polar surface area (TPSA) is 65.0 Å². The molecule has 2 aliphatic rings. The van der Waals surface area contributed by atoms with E-state index < -0.39 is 12.2 Å². The van der Waals surface area contributed by atoms with E-state index in [1.807, 2.05) is 37.3 Å². The van der Waals surface area contributed by atoms with Gasteiger partial charge in [0.15, 0.2) is 0 Å². The molecule has 1 fully saturated rings. The SMILES string of the molecule is Cc1c2c(c([C@@H]3C[C@@H](O)CC(=O)O3)c(C)c1OCc1ccccc1)OC(C)(C)CC2. The molecule has 160 valence electrons. The third-order valence-corrected chi connectivity index (χ3v) is 6.12. The average Bonchev–Trinajstić information content (AvgIpc) is 2.67. The van der Waals surface area contributed by atoms with Gasteiger partial charge in [-0.3, -0.25) is 4.79 Å². The number of carbonyl (C=O) groups excluding carboxylic acids is 1. The number of hydrogen-bond acceptors (Lipinski definition) is 5. The molecular formula is C25H30O5. The summed E-state index contributed by atoms with van der Waals surface area (Å²) in [7, 11) is 0. The van der Waals surface area contributed by atoms with Gasteiger partial charge in [-0.05, 0) is 51.7 Å². The maximum atomic E-state index is 12.1. The second-order valence-electron chi connectivity index (χ2n) is 9.01. The third kappa shape index (κ3) is 4.04. The number of benzene rings is 2. The van der Waals surface area contributed by atoms with E-state index in [9.17, 15) is 9.90 Å². The summed E-state index contributed by atoms with van der Waals surface area (Å²) in [6.45, 7) is 8.67. The molecule has 5 nitrogen and oxygen atoms in total. The van der Waals surface area contributed by atoms with E-state index in [-0.39, 0.29) is 18.0 Å². The third-order valence-electron chi connectivity index (χ3n) is 6.12. The van der Waals surface area contributed by atoms with E-state index in [2.05, 4.69) is 20.8 Å². The second kappa shape index (κ2) is 7.95. The van der Waals surface area contributed by atoms with Crippen LogP contribution >= 0.6 is 0 Å². The largest absolute Gasteiger partial charge is 0.488 e. The van der Waals surface area contributed by atoms with Gasteiger partial charge in [-0.25, -0.2) is 0 Å². The lowest BCUT2D eigenvalue weighted by atomic mass is 9.84. The van der Waals surface area contributed by atoms with E-state index in [0.29, 0.717) is 13.0 Å². The fourth-order valence-electron chi connectivity index (χ4n) is 4.50. The van der Waals surface area contributed by atoms with Crippen molar-refractivity contribution in [3.05, 3.63) is 58.1 Å². The Labute approximate surface area is 178 Å². The quantitative estimate of drug-likeness (QED) is 0.739. The summed E-state index contributed by atoms with van der Waals surface area (Å²) in [6.07, 6.45) is 0.916. The van der Waals surface area contributed by atoms with Crippen molar-refractivity contribution in [3.63, 3.8) is 0 Å². The summed E-state index contributed by atoms with van der Waals surface area (Å²) in [4.78, 5) is 12.1. The molecule has 0 bridgehead atoms. The Kier molecular flexibility index (Phi) is 5.49. The van der Waals surface area contributed by atoms with Crippen LogP contribution in [0.5, 0.6) is 11.5 Å². The van der Waals surface area contributed by atoms with Crippen molar-refractivity contribution in [1.29, 1.82) is 0 Å². The maximum absolute atomic E-state index is 12.1. The first-order valence-electron chi connectivity index (χ1n) is 10.6. The zero-order valence-corrected chi connectivity index (χ0v) is 18.2. The van der Waals surface area contributed by atoms with Crippen molar-refractivity contribution >= 4 is 5.97 Å². The van der Waals surface area contributed by atoms with Gasteiger partial charge in [-0.15, -0.1) is 0 Å².